The smallest absolute Gasteiger partial charge is 0.229 e. The Kier molecular flexibility index (Phi) is 5.02. The number of amides is 1. The highest BCUT2D eigenvalue weighted by Crippen LogP contribution is 2.29. The summed E-state index contributed by atoms with van der Waals surface area (Å²) in [6.45, 7) is 2.17. The second kappa shape index (κ2) is 5.81. The molecule has 0 aromatic rings. The Balaban J connectivity index is 2.34. The highest BCUT2D eigenvalue weighted by Gasteiger charge is 2.27. The van der Waals surface area contributed by atoms with Gasteiger partial charge in [0.1, 0.15) is 0 Å². The maximum atomic E-state index is 11.1. The molecular formula is C9H17NOS2. The molecule has 1 aliphatic carbocycles. The summed E-state index contributed by atoms with van der Waals surface area (Å²) in [6, 6.07) is 0.393. The minimum absolute atomic E-state index is 0.0666. The average Bonchev–Trinajstić information content (AvgIpc) is 2.54. The average molecular weight is 219 g/mol. The molecule has 76 valence electrons. The van der Waals surface area contributed by atoms with Crippen molar-refractivity contribution in [2.45, 2.75) is 37.5 Å². The first kappa shape index (κ1) is 11.2. The van der Waals surface area contributed by atoms with E-state index in [1.54, 1.807) is 0 Å². The second-order valence-corrected chi connectivity index (χ2v) is 5.09. The first-order valence-corrected chi connectivity index (χ1v) is 6.48. The van der Waals surface area contributed by atoms with Crippen LogP contribution in [-0.4, -0.2) is 28.7 Å². The van der Waals surface area contributed by atoms with Gasteiger partial charge in [-0.1, -0.05) is 13.3 Å². The zero-order valence-electron chi connectivity index (χ0n) is 7.95. The van der Waals surface area contributed by atoms with E-state index in [0.29, 0.717) is 17.0 Å². The summed E-state index contributed by atoms with van der Waals surface area (Å²) in [5, 5.41) is 3.66. The van der Waals surface area contributed by atoms with Crippen molar-refractivity contribution < 1.29 is 4.79 Å². The van der Waals surface area contributed by atoms with Crippen molar-refractivity contribution >= 4 is 30.3 Å². The van der Waals surface area contributed by atoms with Crippen LogP contribution in [-0.2, 0) is 4.79 Å². The number of hydrogen-bond donors (Lipinski definition) is 2. The van der Waals surface area contributed by atoms with Crippen LogP contribution in [0.3, 0.4) is 0 Å². The molecule has 0 aliphatic heterocycles. The molecule has 13 heavy (non-hydrogen) atoms. The topological polar surface area (TPSA) is 29.1 Å². The number of carbonyl (C=O) groups is 1. The summed E-state index contributed by atoms with van der Waals surface area (Å²) in [6.07, 6.45) is 3.63. The van der Waals surface area contributed by atoms with E-state index >= 15 is 0 Å². The molecule has 1 amide bonds. The zero-order chi connectivity index (χ0) is 9.68. The molecule has 0 spiro atoms. The quantitative estimate of drug-likeness (QED) is 0.705. The minimum atomic E-state index is 0.0666. The largest absolute Gasteiger partial charge is 0.352 e. The molecule has 0 aromatic carbocycles. The number of rotatable bonds is 4. The number of thiol groups is 1. The van der Waals surface area contributed by atoms with Gasteiger partial charge in [-0.05, 0) is 18.6 Å². The molecule has 0 saturated heterocycles. The Morgan fingerprint density at radius 1 is 1.62 bits per heavy atom. The summed E-state index contributed by atoms with van der Waals surface area (Å²) in [4.78, 5) is 11.1. The van der Waals surface area contributed by atoms with Gasteiger partial charge < -0.3 is 5.32 Å². The SMILES string of the molecule is CCSC1CCCC1NC(=O)CS. The highest BCUT2D eigenvalue weighted by molar-refractivity contribution is 7.99. The van der Waals surface area contributed by atoms with Crippen LogP contribution in [0.15, 0.2) is 0 Å². The molecule has 4 heteroatoms. The normalized spacial score (nSPS) is 27.5. The molecule has 1 aliphatic rings. The molecule has 0 heterocycles. The van der Waals surface area contributed by atoms with Crippen LogP contribution in [0.4, 0.5) is 0 Å². The summed E-state index contributed by atoms with van der Waals surface area (Å²) in [5.41, 5.74) is 0. The Morgan fingerprint density at radius 3 is 3.00 bits per heavy atom. The summed E-state index contributed by atoms with van der Waals surface area (Å²) < 4.78 is 0. The molecule has 1 N–H and O–H groups in total. The molecule has 1 rings (SSSR count). The van der Waals surface area contributed by atoms with Crippen LogP contribution in [0.2, 0.25) is 0 Å². The number of hydrogen-bond acceptors (Lipinski definition) is 3. The summed E-state index contributed by atoms with van der Waals surface area (Å²) >= 11 is 5.91. The molecule has 1 fully saturated rings. The van der Waals surface area contributed by atoms with Crippen molar-refractivity contribution in [2.75, 3.05) is 11.5 Å². The number of nitrogens with one attached hydrogen (secondary N) is 1. The maximum absolute atomic E-state index is 11.1. The highest BCUT2D eigenvalue weighted by atomic mass is 32.2. The van der Waals surface area contributed by atoms with Crippen molar-refractivity contribution in [2.24, 2.45) is 0 Å². The van der Waals surface area contributed by atoms with Gasteiger partial charge in [0.15, 0.2) is 0 Å². The third-order valence-electron chi connectivity index (χ3n) is 2.32. The van der Waals surface area contributed by atoms with Crippen LogP contribution >= 0.6 is 24.4 Å². The van der Waals surface area contributed by atoms with Crippen LogP contribution in [0.25, 0.3) is 0 Å². The van der Waals surface area contributed by atoms with Crippen LogP contribution in [0.5, 0.6) is 0 Å². The van der Waals surface area contributed by atoms with E-state index < -0.39 is 0 Å². The van der Waals surface area contributed by atoms with Crippen molar-refractivity contribution in [1.29, 1.82) is 0 Å². The molecule has 0 aromatic heterocycles. The van der Waals surface area contributed by atoms with Crippen LogP contribution < -0.4 is 5.32 Å². The Bertz CT molecular complexity index is 175. The minimum Gasteiger partial charge on any atom is -0.352 e. The van der Waals surface area contributed by atoms with Crippen molar-refractivity contribution in [3.05, 3.63) is 0 Å². The van der Waals surface area contributed by atoms with Crippen molar-refractivity contribution in [3.8, 4) is 0 Å². The Morgan fingerprint density at radius 2 is 2.38 bits per heavy atom. The first-order valence-electron chi connectivity index (χ1n) is 4.79. The predicted octanol–water partition coefficient (Wildman–Crippen LogP) is 1.71. The molecule has 1 saturated carbocycles. The van der Waals surface area contributed by atoms with E-state index in [0.717, 1.165) is 12.2 Å². The van der Waals surface area contributed by atoms with Crippen molar-refractivity contribution in [3.63, 3.8) is 0 Å². The van der Waals surface area contributed by atoms with E-state index in [9.17, 15) is 4.79 Å². The van der Waals surface area contributed by atoms with E-state index in [1.807, 2.05) is 11.8 Å². The molecule has 2 unspecified atom stereocenters. The van der Waals surface area contributed by atoms with E-state index in [4.69, 9.17) is 0 Å². The van der Waals surface area contributed by atoms with Gasteiger partial charge in [0.25, 0.3) is 0 Å². The zero-order valence-corrected chi connectivity index (χ0v) is 9.66. The van der Waals surface area contributed by atoms with Gasteiger partial charge in [-0.25, -0.2) is 0 Å². The standard InChI is InChI=1S/C9H17NOS2/c1-2-13-8-5-3-4-7(8)10-9(11)6-12/h7-8,12H,2-6H2,1H3,(H,10,11). The van der Waals surface area contributed by atoms with Gasteiger partial charge in [-0.3, -0.25) is 4.79 Å². The number of carbonyl (C=O) groups excluding carboxylic acids is 1. The Labute approximate surface area is 89.6 Å². The fourth-order valence-corrected chi connectivity index (χ4v) is 3.05. The predicted molar refractivity (Wildman–Crippen MR) is 61.6 cm³/mol. The lowest BCUT2D eigenvalue weighted by Crippen LogP contribution is -2.39. The van der Waals surface area contributed by atoms with Gasteiger partial charge in [0, 0.05) is 11.3 Å². The van der Waals surface area contributed by atoms with Gasteiger partial charge >= 0.3 is 0 Å². The van der Waals surface area contributed by atoms with Gasteiger partial charge in [0.2, 0.25) is 5.91 Å². The van der Waals surface area contributed by atoms with Gasteiger partial charge in [0.05, 0.1) is 5.75 Å². The lowest BCUT2D eigenvalue weighted by atomic mass is 10.2. The number of thioether (sulfide) groups is 1. The fourth-order valence-electron chi connectivity index (χ4n) is 1.76. The lowest BCUT2D eigenvalue weighted by Gasteiger charge is -2.19. The van der Waals surface area contributed by atoms with Crippen LogP contribution in [0.1, 0.15) is 26.2 Å². The van der Waals surface area contributed by atoms with E-state index in [2.05, 4.69) is 24.9 Å². The van der Waals surface area contributed by atoms with Crippen molar-refractivity contribution in [1.82, 2.24) is 5.32 Å². The summed E-state index contributed by atoms with van der Waals surface area (Å²) in [5.74, 6) is 1.51. The molecule has 0 bridgehead atoms. The third-order valence-corrected chi connectivity index (χ3v) is 3.94. The molecule has 0 radical (unpaired) electrons. The van der Waals surface area contributed by atoms with Gasteiger partial charge in [-0.2, -0.15) is 24.4 Å². The van der Waals surface area contributed by atoms with E-state index in [1.165, 1.54) is 12.8 Å². The third kappa shape index (κ3) is 3.43. The Hall–Kier alpha value is 0.170. The summed E-state index contributed by atoms with van der Waals surface area (Å²) in [7, 11) is 0. The van der Waals surface area contributed by atoms with Crippen LogP contribution in [0, 0.1) is 0 Å². The second-order valence-electron chi connectivity index (χ2n) is 3.26. The first-order chi connectivity index (χ1) is 6.27. The lowest BCUT2D eigenvalue weighted by molar-refractivity contribution is -0.119. The van der Waals surface area contributed by atoms with E-state index in [-0.39, 0.29) is 5.91 Å². The maximum Gasteiger partial charge on any atom is 0.229 e. The monoisotopic (exact) mass is 219 g/mol. The molecule has 2 nitrogen and oxygen atoms in total. The molecule has 2 atom stereocenters. The fraction of sp³-hybridized carbons (Fsp3) is 0.889. The van der Waals surface area contributed by atoms with Gasteiger partial charge in [-0.15, -0.1) is 0 Å². The molecular weight excluding hydrogens is 202 g/mol.